The molecule has 0 amide bonds. The van der Waals surface area contributed by atoms with Crippen LogP contribution in [0.1, 0.15) is 66.6 Å². The lowest BCUT2D eigenvalue weighted by molar-refractivity contribution is 0.160. The molecule has 0 radical (unpaired) electrons. The first kappa shape index (κ1) is 10.7. The van der Waals surface area contributed by atoms with Gasteiger partial charge in [-0.15, -0.1) is 11.3 Å². The highest BCUT2D eigenvalue weighted by Gasteiger charge is 2.29. The van der Waals surface area contributed by atoms with Crippen LogP contribution in [0.15, 0.2) is 0 Å². The van der Waals surface area contributed by atoms with Gasteiger partial charge in [-0.25, -0.2) is 4.98 Å². The zero-order valence-electron chi connectivity index (χ0n) is 9.78. The highest BCUT2D eigenvalue weighted by Crippen LogP contribution is 2.43. The van der Waals surface area contributed by atoms with Crippen molar-refractivity contribution in [2.75, 3.05) is 0 Å². The van der Waals surface area contributed by atoms with E-state index in [2.05, 4.69) is 6.92 Å². The molecule has 1 aromatic heterocycles. The van der Waals surface area contributed by atoms with E-state index in [1.807, 2.05) is 0 Å². The van der Waals surface area contributed by atoms with Gasteiger partial charge in [-0.1, -0.05) is 13.3 Å². The molecule has 0 aliphatic heterocycles. The molecule has 2 aliphatic carbocycles. The van der Waals surface area contributed by atoms with Gasteiger partial charge >= 0.3 is 0 Å². The van der Waals surface area contributed by atoms with Crippen molar-refractivity contribution in [3.63, 3.8) is 0 Å². The zero-order valence-corrected chi connectivity index (χ0v) is 10.6. The fourth-order valence-corrected chi connectivity index (χ4v) is 4.30. The molecule has 0 spiro atoms. The van der Waals surface area contributed by atoms with Gasteiger partial charge in [0.15, 0.2) is 0 Å². The molecule has 0 aromatic carbocycles. The minimum atomic E-state index is -0.228. The highest BCUT2D eigenvalue weighted by atomic mass is 32.1. The maximum absolute atomic E-state index is 9.94. The van der Waals surface area contributed by atoms with Crippen molar-refractivity contribution >= 4 is 11.3 Å². The summed E-state index contributed by atoms with van der Waals surface area (Å²) in [5.41, 5.74) is 1.19. The Hall–Kier alpha value is -0.410. The minimum absolute atomic E-state index is 0.228. The fraction of sp³-hybridized carbons (Fsp3) is 0.769. The predicted molar refractivity (Wildman–Crippen MR) is 65.8 cm³/mol. The maximum atomic E-state index is 9.94. The Bertz CT molecular complexity index is 387. The molecule has 1 aromatic rings. The lowest BCUT2D eigenvalue weighted by atomic mass is 10.0. The average Bonchev–Trinajstić information content (AvgIpc) is 2.84. The molecule has 3 unspecified atom stereocenters. The summed E-state index contributed by atoms with van der Waals surface area (Å²) in [5.74, 6) is 1.54. The van der Waals surface area contributed by atoms with Gasteiger partial charge in [0.2, 0.25) is 0 Å². The van der Waals surface area contributed by atoms with Crippen molar-refractivity contribution in [2.24, 2.45) is 5.92 Å². The molecule has 1 saturated carbocycles. The van der Waals surface area contributed by atoms with Crippen LogP contribution >= 0.6 is 11.3 Å². The average molecular weight is 237 g/mol. The Labute approximate surface area is 101 Å². The standard InChI is InChI=1S/C13H19NOS/c1-8-5-6-9(7-8)13-14-10-3-2-4-11(15)12(10)16-13/h8-9,11,15H,2-7H2,1H3. The van der Waals surface area contributed by atoms with Crippen LogP contribution in [0.4, 0.5) is 0 Å². The van der Waals surface area contributed by atoms with Crippen LogP contribution in [0, 0.1) is 5.92 Å². The smallest absolute Gasteiger partial charge is 0.0963 e. The van der Waals surface area contributed by atoms with Crippen LogP contribution in [-0.2, 0) is 6.42 Å². The third-order valence-corrected chi connectivity index (χ3v) is 5.34. The maximum Gasteiger partial charge on any atom is 0.0963 e. The fourth-order valence-electron chi connectivity index (χ4n) is 3.02. The van der Waals surface area contributed by atoms with E-state index in [0.29, 0.717) is 5.92 Å². The molecule has 1 heterocycles. The number of fused-ring (bicyclic) bond motifs is 1. The molecule has 3 rings (SSSR count). The van der Waals surface area contributed by atoms with Crippen molar-refractivity contribution in [3.05, 3.63) is 15.6 Å². The lowest BCUT2D eigenvalue weighted by Gasteiger charge is -2.14. The van der Waals surface area contributed by atoms with Gasteiger partial charge in [-0.3, -0.25) is 0 Å². The van der Waals surface area contributed by atoms with E-state index < -0.39 is 0 Å². The van der Waals surface area contributed by atoms with E-state index in [1.165, 1.54) is 34.8 Å². The van der Waals surface area contributed by atoms with Crippen LogP contribution < -0.4 is 0 Å². The molecule has 0 saturated heterocycles. The second-order valence-corrected chi connectivity index (χ2v) is 6.45. The van der Waals surface area contributed by atoms with Gasteiger partial charge in [-0.05, 0) is 38.0 Å². The first-order chi connectivity index (χ1) is 7.74. The zero-order chi connectivity index (χ0) is 11.1. The van der Waals surface area contributed by atoms with Gasteiger partial charge in [0.1, 0.15) is 0 Å². The number of rotatable bonds is 1. The molecule has 1 N–H and O–H groups in total. The van der Waals surface area contributed by atoms with Crippen LogP contribution in [0.3, 0.4) is 0 Å². The van der Waals surface area contributed by atoms with Crippen LogP contribution in [0.5, 0.6) is 0 Å². The molecular formula is C13H19NOS. The van der Waals surface area contributed by atoms with Crippen molar-refractivity contribution in [1.82, 2.24) is 4.98 Å². The molecule has 0 bridgehead atoms. The van der Waals surface area contributed by atoms with E-state index in [4.69, 9.17) is 4.98 Å². The number of nitrogens with zero attached hydrogens (tertiary/aromatic N) is 1. The number of thiazole rings is 1. The van der Waals surface area contributed by atoms with Gasteiger partial charge < -0.3 is 5.11 Å². The number of aryl methyl sites for hydroxylation is 1. The Morgan fingerprint density at radius 2 is 2.19 bits per heavy atom. The third kappa shape index (κ3) is 1.80. The molecule has 1 fully saturated rings. The molecule has 2 aliphatic rings. The molecular weight excluding hydrogens is 218 g/mol. The van der Waals surface area contributed by atoms with E-state index in [9.17, 15) is 5.11 Å². The van der Waals surface area contributed by atoms with Gasteiger partial charge in [0.05, 0.1) is 21.7 Å². The molecule has 16 heavy (non-hydrogen) atoms. The second kappa shape index (κ2) is 4.11. The summed E-state index contributed by atoms with van der Waals surface area (Å²) < 4.78 is 0. The number of aliphatic hydroxyl groups excluding tert-OH is 1. The Kier molecular flexibility index (Phi) is 2.76. The molecule has 2 nitrogen and oxygen atoms in total. The Balaban J connectivity index is 1.86. The van der Waals surface area contributed by atoms with Crippen molar-refractivity contribution in [3.8, 4) is 0 Å². The number of hydrogen-bond acceptors (Lipinski definition) is 3. The summed E-state index contributed by atoms with van der Waals surface area (Å²) in [7, 11) is 0. The Morgan fingerprint density at radius 3 is 2.88 bits per heavy atom. The molecule has 3 atom stereocenters. The Morgan fingerprint density at radius 1 is 1.31 bits per heavy atom. The SMILES string of the molecule is CC1CCC(c2nc3c(s2)C(O)CCC3)C1. The van der Waals surface area contributed by atoms with Gasteiger partial charge in [-0.2, -0.15) is 0 Å². The van der Waals surface area contributed by atoms with E-state index >= 15 is 0 Å². The summed E-state index contributed by atoms with van der Waals surface area (Å²) in [6.07, 6.45) is 6.80. The van der Waals surface area contributed by atoms with Gasteiger partial charge in [0, 0.05) is 5.92 Å². The first-order valence-electron chi connectivity index (χ1n) is 6.41. The molecule has 3 heteroatoms. The summed E-state index contributed by atoms with van der Waals surface area (Å²) in [4.78, 5) is 5.94. The third-order valence-electron chi connectivity index (χ3n) is 3.98. The minimum Gasteiger partial charge on any atom is -0.388 e. The topological polar surface area (TPSA) is 33.1 Å². The molecule has 88 valence electrons. The van der Waals surface area contributed by atoms with Gasteiger partial charge in [0.25, 0.3) is 0 Å². The van der Waals surface area contributed by atoms with E-state index in [1.54, 1.807) is 11.3 Å². The summed E-state index contributed by atoms with van der Waals surface area (Å²) in [6.45, 7) is 2.34. The summed E-state index contributed by atoms with van der Waals surface area (Å²) >= 11 is 1.78. The second-order valence-electron chi connectivity index (χ2n) is 5.39. The summed E-state index contributed by atoms with van der Waals surface area (Å²) in [5, 5.41) is 11.2. The first-order valence-corrected chi connectivity index (χ1v) is 7.23. The van der Waals surface area contributed by atoms with Crippen LogP contribution in [0.25, 0.3) is 0 Å². The van der Waals surface area contributed by atoms with Crippen molar-refractivity contribution in [2.45, 2.75) is 57.5 Å². The number of aromatic nitrogens is 1. The quantitative estimate of drug-likeness (QED) is 0.812. The van der Waals surface area contributed by atoms with E-state index in [0.717, 1.165) is 25.2 Å². The lowest BCUT2D eigenvalue weighted by Crippen LogP contribution is -2.06. The monoisotopic (exact) mass is 237 g/mol. The van der Waals surface area contributed by atoms with Crippen LogP contribution in [-0.4, -0.2) is 10.1 Å². The van der Waals surface area contributed by atoms with Crippen molar-refractivity contribution in [1.29, 1.82) is 0 Å². The highest BCUT2D eigenvalue weighted by molar-refractivity contribution is 7.11. The normalized spacial score (nSPS) is 34.0. The number of aliphatic hydroxyl groups is 1. The summed E-state index contributed by atoms with van der Waals surface area (Å²) in [6, 6.07) is 0. The van der Waals surface area contributed by atoms with Crippen molar-refractivity contribution < 1.29 is 5.11 Å². The van der Waals surface area contributed by atoms with E-state index in [-0.39, 0.29) is 6.10 Å². The van der Waals surface area contributed by atoms with Crippen LogP contribution in [0.2, 0.25) is 0 Å². The predicted octanol–water partition coefficient (Wildman–Crippen LogP) is 3.42. The largest absolute Gasteiger partial charge is 0.388 e. The number of hydrogen-bond donors (Lipinski definition) is 1.